The molecule has 1 aliphatic rings. The molecule has 0 radical (unpaired) electrons. The summed E-state index contributed by atoms with van der Waals surface area (Å²) >= 11 is 0. The summed E-state index contributed by atoms with van der Waals surface area (Å²) in [6, 6.07) is 3.83. The Hall–Kier alpha value is -2.08. The van der Waals surface area contributed by atoms with Gasteiger partial charge in [-0.1, -0.05) is 0 Å². The number of nitrogens with zero attached hydrogens (tertiary/aromatic N) is 2. The first-order valence-electron chi connectivity index (χ1n) is 5.76. The Labute approximate surface area is 103 Å². The maximum absolute atomic E-state index is 10.8. The van der Waals surface area contributed by atoms with Crippen LogP contribution in [-0.2, 0) is 4.74 Å². The maximum atomic E-state index is 10.8. The number of hydrogen-bond acceptors (Lipinski definition) is 6. The highest BCUT2D eigenvalue weighted by molar-refractivity contribution is 5.91. The van der Waals surface area contributed by atoms with Gasteiger partial charge in [0.25, 0.3) is 6.01 Å². The molecular formula is C12H13N3O3. The van der Waals surface area contributed by atoms with Crippen LogP contribution < -0.4 is 10.6 Å². The van der Waals surface area contributed by atoms with Gasteiger partial charge < -0.3 is 19.8 Å². The molecule has 1 aromatic carbocycles. The van der Waals surface area contributed by atoms with Crippen LogP contribution in [0.15, 0.2) is 16.5 Å². The quantitative estimate of drug-likeness (QED) is 0.631. The molecule has 0 saturated carbocycles. The first kappa shape index (κ1) is 11.0. The van der Waals surface area contributed by atoms with Gasteiger partial charge in [-0.2, -0.15) is 4.98 Å². The van der Waals surface area contributed by atoms with Gasteiger partial charge in [-0.05, 0) is 6.07 Å². The summed E-state index contributed by atoms with van der Waals surface area (Å²) < 4.78 is 10.9. The number of nitrogens with two attached hydrogens (primary N) is 1. The van der Waals surface area contributed by atoms with E-state index in [9.17, 15) is 4.79 Å². The normalized spacial score (nSPS) is 16.1. The van der Waals surface area contributed by atoms with Gasteiger partial charge in [-0.25, -0.2) is 0 Å². The molecule has 2 aromatic rings. The number of hydrogen-bond donors (Lipinski definition) is 1. The summed E-state index contributed by atoms with van der Waals surface area (Å²) in [6.07, 6.45) is 0.720. The number of nitrogen functional groups attached to an aromatic ring is 1. The summed E-state index contributed by atoms with van der Waals surface area (Å²) in [5, 5.41) is 0. The summed E-state index contributed by atoms with van der Waals surface area (Å²) in [5.74, 6) is 0. The van der Waals surface area contributed by atoms with Crippen molar-refractivity contribution in [3.63, 3.8) is 0 Å². The van der Waals surface area contributed by atoms with Gasteiger partial charge in [0.2, 0.25) is 0 Å². The average molecular weight is 247 g/mol. The van der Waals surface area contributed by atoms with Crippen LogP contribution in [0.3, 0.4) is 0 Å². The molecule has 0 amide bonds. The molecule has 1 aromatic heterocycles. The van der Waals surface area contributed by atoms with Gasteiger partial charge in [-0.3, -0.25) is 4.79 Å². The zero-order valence-electron chi connectivity index (χ0n) is 9.76. The maximum Gasteiger partial charge on any atom is 0.298 e. The van der Waals surface area contributed by atoms with Crippen molar-refractivity contribution in [3.8, 4) is 0 Å². The minimum atomic E-state index is 0.405. The third-order valence-electron chi connectivity index (χ3n) is 2.99. The molecule has 0 aliphatic carbocycles. The third-order valence-corrected chi connectivity index (χ3v) is 2.99. The summed E-state index contributed by atoms with van der Waals surface area (Å²) in [4.78, 5) is 17.2. The lowest BCUT2D eigenvalue weighted by molar-refractivity contribution is 0.112. The van der Waals surface area contributed by atoms with Crippen LogP contribution in [0.25, 0.3) is 11.1 Å². The van der Waals surface area contributed by atoms with E-state index in [1.165, 1.54) is 0 Å². The fourth-order valence-corrected chi connectivity index (χ4v) is 1.99. The largest absolute Gasteiger partial charge is 0.423 e. The number of aromatic nitrogens is 1. The van der Waals surface area contributed by atoms with E-state index in [4.69, 9.17) is 14.9 Å². The van der Waals surface area contributed by atoms with E-state index >= 15 is 0 Å². The molecule has 0 bridgehead atoms. The highest BCUT2D eigenvalue weighted by atomic mass is 16.5. The number of ether oxygens (including phenoxy) is 1. The Morgan fingerprint density at radius 1 is 1.33 bits per heavy atom. The van der Waals surface area contributed by atoms with Gasteiger partial charge >= 0.3 is 0 Å². The van der Waals surface area contributed by atoms with Gasteiger partial charge in [0.1, 0.15) is 5.52 Å². The molecule has 2 heterocycles. The monoisotopic (exact) mass is 247 g/mol. The van der Waals surface area contributed by atoms with Crippen LogP contribution in [0.1, 0.15) is 10.4 Å². The second kappa shape index (κ2) is 4.30. The number of benzene rings is 1. The van der Waals surface area contributed by atoms with E-state index in [-0.39, 0.29) is 0 Å². The molecule has 94 valence electrons. The molecule has 6 nitrogen and oxygen atoms in total. The SMILES string of the molecule is Nc1cc2oc(N3CCOCC3)nc2cc1C=O. The van der Waals surface area contributed by atoms with Gasteiger partial charge in [0, 0.05) is 30.4 Å². The zero-order valence-corrected chi connectivity index (χ0v) is 9.76. The smallest absolute Gasteiger partial charge is 0.298 e. The number of carbonyl (C=O) groups excluding carboxylic acids is 1. The van der Waals surface area contributed by atoms with Crippen molar-refractivity contribution in [3.05, 3.63) is 17.7 Å². The first-order chi connectivity index (χ1) is 8.78. The highest BCUT2D eigenvalue weighted by Crippen LogP contribution is 2.26. The van der Waals surface area contributed by atoms with E-state index in [1.807, 2.05) is 4.90 Å². The fourth-order valence-electron chi connectivity index (χ4n) is 1.99. The Balaban J connectivity index is 2.02. The van der Waals surface area contributed by atoms with Crippen LogP contribution in [-0.4, -0.2) is 37.6 Å². The summed E-state index contributed by atoms with van der Waals surface area (Å²) in [6.45, 7) is 2.84. The summed E-state index contributed by atoms with van der Waals surface area (Å²) in [7, 11) is 0. The van der Waals surface area contributed by atoms with E-state index in [1.54, 1.807) is 12.1 Å². The number of anilines is 2. The molecule has 3 rings (SSSR count). The average Bonchev–Trinajstić information content (AvgIpc) is 2.81. The molecule has 0 unspecified atom stereocenters. The van der Waals surface area contributed by atoms with Crippen molar-refractivity contribution in [1.29, 1.82) is 0 Å². The molecule has 1 aliphatic heterocycles. The zero-order chi connectivity index (χ0) is 12.5. The third kappa shape index (κ3) is 1.80. The minimum Gasteiger partial charge on any atom is -0.423 e. The number of carbonyl (C=O) groups is 1. The number of fused-ring (bicyclic) bond motifs is 1. The number of morpholine rings is 1. The Bertz CT molecular complexity index is 588. The van der Waals surface area contributed by atoms with E-state index in [2.05, 4.69) is 4.98 Å². The fraction of sp³-hybridized carbons (Fsp3) is 0.333. The Morgan fingerprint density at radius 2 is 2.11 bits per heavy atom. The second-order valence-electron chi connectivity index (χ2n) is 4.16. The van der Waals surface area contributed by atoms with Crippen molar-refractivity contribution >= 4 is 29.1 Å². The van der Waals surface area contributed by atoms with Crippen molar-refractivity contribution in [2.75, 3.05) is 36.9 Å². The van der Waals surface area contributed by atoms with Crippen LogP contribution in [0, 0.1) is 0 Å². The van der Waals surface area contributed by atoms with E-state index in [0.717, 1.165) is 19.4 Å². The lowest BCUT2D eigenvalue weighted by Crippen LogP contribution is -2.36. The predicted octanol–water partition coefficient (Wildman–Crippen LogP) is 1.06. The summed E-state index contributed by atoms with van der Waals surface area (Å²) in [5.41, 5.74) is 7.81. The Kier molecular flexibility index (Phi) is 2.64. The van der Waals surface area contributed by atoms with Crippen molar-refractivity contribution in [2.24, 2.45) is 0 Å². The molecular weight excluding hydrogens is 234 g/mol. The van der Waals surface area contributed by atoms with Crippen LogP contribution >= 0.6 is 0 Å². The lowest BCUT2D eigenvalue weighted by atomic mass is 10.2. The van der Waals surface area contributed by atoms with Crippen molar-refractivity contribution in [1.82, 2.24) is 4.98 Å². The van der Waals surface area contributed by atoms with Crippen LogP contribution in [0.4, 0.5) is 11.7 Å². The number of aldehydes is 1. The first-order valence-corrected chi connectivity index (χ1v) is 5.76. The standard InChI is InChI=1S/C12H13N3O3/c13-9-6-11-10(5-8(9)7-16)14-12(18-11)15-1-3-17-4-2-15/h5-7H,1-4,13H2. The molecule has 1 fully saturated rings. The minimum absolute atomic E-state index is 0.405. The number of rotatable bonds is 2. The van der Waals surface area contributed by atoms with Gasteiger partial charge in [0.05, 0.1) is 13.2 Å². The predicted molar refractivity (Wildman–Crippen MR) is 66.8 cm³/mol. The lowest BCUT2D eigenvalue weighted by Gasteiger charge is -2.24. The topological polar surface area (TPSA) is 81.6 Å². The van der Waals surface area contributed by atoms with Crippen LogP contribution in [0.5, 0.6) is 0 Å². The molecule has 18 heavy (non-hydrogen) atoms. The van der Waals surface area contributed by atoms with Gasteiger partial charge in [0.15, 0.2) is 11.9 Å². The van der Waals surface area contributed by atoms with Crippen molar-refractivity contribution < 1.29 is 13.9 Å². The second-order valence-corrected chi connectivity index (χ2v) is 4.16. The van der Waals surface area contributed by atoms with E-state index < -0.39 is 0 Å². The molecule has 0 atom stereocenters. The highest BCUT2D eigenvalue weighted by Gasteiger charge is 2.17. The molecule has 1 saturated heterocycles. The van der Waals surface area contributed by atoms with Crippen molar-refractivity contribution in [2.45, 2.75) is 0 Å². The number of oxazole rings is 1. The molecule has 2 N–H and O–H groups in total. The van der Waals surface area contributed by atoms with Crippen LogP contribution in [0.2, 0.25) is 0 Å². The molecule has 0 spiro atoms. The Morgan fingerprint density at radius 3 is 2.83 bits per heavy atom. The van der Waals surface area contributed by atoms with Gasteiger partial charge in [-0.15, -0.1) is 0 Å². The van der Waals surface area contributed by atoms with E-state index in [0.29, 0.717) is 41.6 Å². The molecule has 6 heteroatoms.